The maximum Gasteiger partial charge on any atom is 0.321 e. The molecule has 1 amide bonds. The summed E-state index contributed by atoms with van der Waals surface area (Å²) in [7, 11) is 0. The molecule has 0 aromatic rings. The molecule has 5 heteroatoms. The van der Waals surface area contributed by atoms with Crippen LogP contribution in [0.25, 0.3) is 0 Å². The van der Waals surface area contributed by atoms with Crippen molar-refractivity contribution in [3.63, 3.8) is 0 Å². The van der Waals surface area contributed by atoms with Crippen LogP contribution in [-0.4, -0.2) is 17.1 Å². The molecule has 0 saturated heterocycles. The van der Waals surface area contributed by atoms with Gasteiger partial charge in [0.25, 0.3) is 0 Å². The maximum atomic E-state index is 11.5. The molecule has 0 spiro atoms. The predicted molar refractivity (Wildman–Crippen MR) is 60.1 cm³/mol. The monoisotopic (exact) mass is 215 g/mol. The van der Waals surface area contributed by atoms with E-state index in [-0.39, 0.29) is 5.54 Å². The first-order valence-electron chi connectivity index (χ1n) is 4.90. The van der Waals surface area contributed by atoms with Crippen LogP contribution in [-0.2, 0) is 4.79 Å². The molecule has 0 aliphatic carbocycles. The molecule has 5 nitrogen and oxygen atoms in total. The molecule has 0 rings (SSSR count). The lowest BCUT2D eigenvalue weighted by Gasteiger charge is -2.43. The zero-order valence-electron chi connectivity index (χ0n) is 10.3. The highest BCUT2D eigenvalue weighted by atomic mass is 16.3. The van der Waals surface area contributed by atoms with Crippen LogP contribution in [0.15, 0.2) is 5.18 Å². The van der Waals surface area contributed by atoms with Gasteiger partial charge in [0.15, 0.2) is 5.66 Å². The molecule has 0 saturated carbocycles. The molecule has 15 heavy (non-hydrogen) atoms. The second kappa shape index (κ2) is 3.98. The normalized spacial score (nSPS) is 17.0. The molecule has 1 atom stereocenters. The number of carbonyl (C=O) groups is 1. The third-order valence-electron chi connectivity index (χ3n) is 2.18. The van der Waals surface area contributed by atoms with Crippen LogP contribution in [0.4, 0.5) is 0 Å². The number of carbonyl (C=O) groups excluding carboxylic acids is 1. The fraction of sp³-hybridized carbons (Fsp3) is 0.900. The third-order valence-corrected chi connectivity index (χ3v) is 2.18. The van der Waals surface area contributed by atoms with Gasteiger partial charge in [0.2, 0.25) is 0 Å². The highest BCUT2D eigenvalue weighted by molar-refractivity contribution is 5.87. The van der Waals surface area contributed by atoms with Crippen LogP contribution in [0.5, 0.6) is 0 Å². The van der Waals surface area contributed by atoms with Crippen molar-refractivity contribution in [2.75, 3.05) is 0 Å². The second-order valence-corrected chi connectivity index (χ2v) is 5.83. The summed E-state index contributed by atoms with van der Waals surface area (Å²) in [5.74, 6) is -0.870. The molecule has 3 N–H and O–H groups in total. The SMILES string of the molecule is CC(C)(C)NC(N)(C(=O)N=O)C(C)(C)C. The minimum absolute atomic E-state index is 0.373. The van der Waals surface area contributed by atoms with Crippen molar-refractivity contribution in [2.45, 2.75) is 52.7 Å². The number of nitroso groups, excluding NO2 is 1. The van der Waals surface area contributed by atoms with Crippen molar-refractivity contribution in [1.82, 2.24) is 5.32 Å². The van der Waals surface area contributed by atoms with Gasteiger partial charge in [0.05, 0.1) is 0 Å². The van der Waals surface area contributed by atoms with Crippen LogP contribution >= 0.6 is 0 Å². The minimum Gasteiger partial charge on any atom is -0.305 e. The second-order valence-electron chi connectivity index (χ2n) is 5.83. The Morgan fingerprint density at radius 3 is 1.73 bits per heavy atom. The van der Waals surface area contributed by atoms with Crippen LogP contribution in [0, 0.1) is 10.3 Å². The Hall–Kier alpha value is -0.810. The quantitative estimate of drug-likeness (QED) is 0.538. The molecule has 0 fully saturated rings. The number of nitrogens with one attached hydrogen (secondary N) is 1. The first kappa shape index (κ1) is 14.2. The fourth-order valence-corrected chi connectivity index (χ4v) is 1.23. The van der Waals surface area contributed by atoms with E-state index in [1.165, 1.54) is 0 Å². The molecule has 0 bridgehead atoms. The van der Waals surface area contributed by atoms with Crippen molar-refractivity contribution >= 4 is 5.91 Å². The van der Waals surface area contributed by atoms with Crippen molar-refractivity contribution in [2.24, 2.45) is 16.3 Å². The lowest BCUT2D eigenvalue weighted by Crippen LogP contribution is -2.70. The zero-order chi connectivity index (χ0) is 12.5. The van der Waals surface area contributed by atoms with Gasteiger partial charge in [-0.2, -0.15) is 0 Å². The van der Waals surface area contributed by atoms with Gasteiger partial charge in [-0.15, -0.1) is 4.91 Å². The van der Waals surface area contributed by atoms with Crippen LogP contribution in [0.2, 0.25) is 0 Å². The number of hydrogen-bond donors (Lipinski definition) is 2. The van der Waals surface area contributed by atoms with Crippen molar-refractivity contribution in [3.8, 4) is 0 Å². The van der Waals surface area contributed by atoms with E-state index in [0.717, 1.165) is 0 Å². The lowest BCUT2D eigenvalue weighted by molar-refractivity contribution is -0.129. The van der Waals surface area contributed by atoms with Gasteiger partial charge >= 0.3 is 5.91 Å². The maximum absolute atomic E-state index is 11.5. The van der Waals surface area contributed by atoms with Gasteiger partial charge in [-0.3, -0.25) is 10.1 Å². The first-order valence-corrected chi connectivity index (χ1v) is 4.90. The average molecular weight is 215 g/mol. The molecule has 0 radical (unpaired) electrons. The summed E-state index contributed by atoms with van der Waals surface area (Å²) in [5.41, 5.74) is 3.56. The van der Waals surface area contributed by atoms with Gasteiger partial charge in [-0.1, -0.05) is 20.8 Å². The van der Waals surface area contributed by atoms with Crippen molar-refractivity contribution in [3.05, 3.63) is 4.91 Å². The van der Waals surface area contributed by atoms with E-state index in [9.17, 15) is 9.70 Å². The zero-order valence-corrected chi connectivity index (χ0v) is 10.3. The molecular weight excluding hydrogens is 194 g/mol. The number of rotatable bonds is 2. The van der Waals surface area contributed by atoms with Crippen LogP contribution in [0.3, 0.4) is 0 Å². The number of amides is 1. The topological polar surface area (TPSA) is 84.5 Å². The standard InChI is InChI=1S/C10H21N3O2/c1-8(2,3)10(11,7(14)12-15)13-9(4,5)6/h13H,11H2,1-6H3. The third kappa shape index (κ3) is 3.35. The Kier molecular flexibility index (Phi) is 3.77. The molecule has 88 valence electrons. The molecule has 0 heterocycles. The number of hydrogen-bond acceptors (Lipinski definition) is 4. The Morgan fingerprint density at radius 2 is 1.53 bits per heavy atom. The Labute approximate surface area is 90.8 Å². The summed E-state index contributed by atoms with van der Waals surface area (Å²) in [6.07, 6.45) is 0. The van der Waals surface area contributed by atoms with Gasteiger partial charge in [0, 0.05) is 16.1 Å². The Bertz CT molecular complexity index is 263. The van der Waals surface area contributed by atoms with Crippen LogP contribution in [0.1, 0.15) is 41.5 Å². The summed E-state index contributed by atoms with van der Waals surface area (Å²) >= 11 is 0. The summed E-state index contributed by atoms with van der Waals surface area (Å²) in [4.78, 5) is 21.9. The van der Waals surface area contributed by atoms with E-state index < -0.39 is 17.0 Å². The van der Waals surface area contributed by atoms with E-state index in [1.807, 2.05) is 20.8 Å². The summed E-state index contributed by atoms with van der Waals surface area (Å²) in [6, 6.07) is 0. The minimum atomic E-state index is -1.44. The van der Waals surface area contributed by atoms with Gasteiger partial charge in [-0.25, -0.2) is 0 Å². The fourth-order valence-electron chi connectivity index (χ4n) is 1.23. The first-order chi connectivity index (χ1) is 6.44. The lowest BCUT2D eigenvalue weighted by atomic mass is 9.79. The van der Waals surface area contributed by atoms with Crippen molar-refractivity contribution in [1.29, 1.82) is 0 Å². The van der Waals surface area contributed by atoms with Gasteiger partial charge in [0.1, 0.15) is 0 Å². The summed E-state index contributed by atoms with van der Waals surface area (Å²) in [5, 5.41) is 5.39. The van der Waals surface area contributed by atoms with Crippen LogP contribution < -0.4 is 11.1 Å². The molecule has 1 unspecified atom stereocenters. The molecule has 0 aromatic heterocycles. The highest BCUT2D eigenvalue weighted by Gasteiger charge is 2.48. The van der Waals surface area contributed by atoms with E-state index in [4.69, 9.17) is 5.73 Å². The number of nitrogens with two attached hydrogens (primary N) is 1. The van der Waals surface area contributed by atoms with Crippen molar-refractivity contribution < 1.29 is 4.79 Å². The van der Waals surface area contributed by atoms with Gasteiger partial charge < -0.3 is 5.73 Å². The van der Waals surface area contributed by atoms with Gasteiger partial charge in [-0.05, 0) is 20.8 Å². The van der Waals surface area contributed by atoms with E-state index in [1.54, 1.807) is 20.8 Å². The summed E-state index contributed by atoms with van der Waals surface area (Å²) in [6.45, 7) is 11.0. The predicted octanol–water partition coefficient (Wildman–Crippen LogP) is 1.37. The molecule has 0 aromatic carbocycles. The Balaban J connectivity index is 5.23. The average Bonchev–Trinajstić information content (AvgIpc) is 1.97. The number of nitrogens with zero attached hydrogens (tertiary/aromatic N) is 1. The van der Waals surface area contributed by atoms with E-state index in [2.05, 4.69) is 10.5 Å². The molecule has 0 aliphatic rings. The van der Waals surface area contributed by atoms with E-state index >= 15 is 0 Å². The Morgan fingerprint density at radius 1 is 1.13 bits per heavy atom. The van der Waals surface area contributed by atoms with E-state index in [0.29, 0.717) is 0 Å². The summed E-state index contributed by atoms with van der Waals surface area (Å²) < 4.78 is 0. The molecule has 0 aliphatic heterocycles. The molecular formula is C10H21N3O2. The highest BCUT2D eigenvalue weighted by Crippen LogP contribution is 2.29. The largest absolute Gasteiger partial charge is 0.321 e. The smallest absolute Gasteiger partial charge is 0.305 e.